The molecule has 0 fully saturated rings. The maximum Gasteiger partial charge on any atom is 0.335 e. The molecule has 7 heteroatoms. The van der Waals surface area contributed by atoms with Gasteiger partial charge in [0.05, 0.1) is 25.2 Å². The van der Waals surface area contributed by atoms with Crippen molar-refractivity contribution in [2.75, 3.05) is 20.3 Å². The first-order chi connectivity index (χ1) is 9.58. The highest BCUT2D eigenvalue weighted by Crippen LogP contribution is 2.27. The number of nitrogens with zero attached hydrogens (tertiary/aromatic N) is 1. The van der Waals surface area contributed by atoms with Crippen LogP contribution in [0.1, 0.15) is 16.8 Å². The number of benzene rings is 1. The largest absolute Gasteiger partial charge is 0.493 e. The van der Waals surface area contributed by atoms with Gasteiger partial charge in [0.2, 0.25) is 0 Å². The number of hydrogen-bond acceptors (Lipinski definition) is 5. The number of aromatic carboxylic acids is 1. The summed E-state index contributed by atoms with van der Waals surface area (Å²) < 4.78 is 10.2. The summed E-state index contributed by atoms with van der Waals surface area (Å²) in [4.78, 5) is 22.2. The van der Waals surface area contributed by atoms with Gasteiger partial charge in [0, 0.05) is 6.54 Å². The summed E-state index contributed by atoms with van der Waals surface area (Å²) in [5, 5.41) is 19.7. The van der Waals surface area contributed by atoms with Crippen LogP contribution in [0.2, 0.25) is 0 Å². The second-order valence-electron chi connectivity index (χ2n) is 3.72. The van der Waals surface area contributed by atoms with Gasteiger partial charge in [-0.1, -0.05) is 0 Å². The molecule has 0 saturated heterocycles. The minimum absolute atomic E-state index is 0.0627. The number of hydrogen-bond donors (Lipinski definition) is 2. The number of carbonyl (C=O) groups excluding carboxylic acids is 1. The summed E-state index contributed by atoms with van der Waals surface area (Å²) in [6.07, 6.45) is 0.225. The molecule has 0 aliphatic rings. The fraction of sp³-hybridized carbons (Fsp3) is 0.308. The highest BCUT2D eigenvalue weighted by Gasteiger charge is 2.11. The fourth-order valence-electron chi connectivity index (χ4n) is 1.37. The number of carbonyl (C=O) groups is 2. The van der Waals surface area contributed by atoms with Crippen LogP contribution >= 0.6 is 0 Å². The molecule has 0 aromatic heterocycles. The minimum Gasteiger partial charge on any atom is -0.493 e. The maximum atomic E-state index is 11.4. The van der Waals surface area contributed by atoms with E-state index in [1.807, 2.05) is 6.07 Å². The van der Waals surface area contributed by atoms with Gasteiger partial charge in [0.15, 0.2) is 18.1 Å². The van der Waals surface area contributed by atoms with E-state index < -0.39 is 5.97 Å². The van der Waals surface area contributed by atoms with Crippen LogP contribution in [-0.4, -0.2) is 37.2 Å². The Bertz CT molecular complexity index is 536. The summed E-state index contributed by atoms with van der Waals surface area (Å²) >= 11 is 0. The number of rotatable bonds is 7. The van der Waals surface area contributed by atoms with Crippen molar-refractivity contribution >= 4 is 11.9 Å². The summed E-state index contributed by atoms with van der Waals surface area (Å²) in [6.45, 7) is 0.0159. The van der Waals surface area contributed by atoms with E-state index in [4.69, 9.17) is 19.8 Å². The van der Waals surface area contributed by atoms with Crippen molar-refractivity contribution in [3.05, 3.63) is 23.8 Å². The van der Waals surface area contributed by atoms with E-state index in [0.29, 0.717) is 0 Å². The van der Waals surface area contributed by atoms with Gasteiger partial charge in [0.1, 0.15) is 0 Å². The normalized spacial score (nSPS) is 9.40. The zero-order valence-corrected chi connectivity index (χ0v) is 10.9. The topological polar surface area (TPSA) is 109 Å². The van der Waals surface area contributed by atoms with Crippen molar-refractivity contribution in [3.63, 3.8) is 0 Å². The van der Waals surface area contributed by atoms with Crippen molar-refractivity contribution in [1.82, 2.24) is 5.32 Å². The van der Waals surface area contributed by atoms with E-state index in [1.165, 1.54) is 25.3 Å². The van der Waals surface area contributed by atoms with Crippen LogP contribution in [0.4, 0.5) is 0 Å². The van der Waals surface area contributed by atoms with Crippen LogP contribution in [0.25, 0.3) is 0 Å². The van der Waals surface area contributed by atoms with Gasteiger partial charge in [-0.25, -0.2) is 4.79 Å². The van der Waals surface area contributed by atoms with E-state index in [9.17, 15) is 9.59 Å². The van der Waals surface area contributed by atoms with Crippen LogP contribution < -0.4 is 14.8 Å². The first-order valence-corrected chi connectivity index (χ1v) is 5.76. The van der Waals surface area contributed by atoms with Crippen LogP contribution in [-0.2, 0) is 4.79 Å². The van der Waals surface area contributed by atoms with E-state index in [-0.39, 0.29) is 42.5 Å². The van der Waals surface area contributed by atoms with Gasteiger partial charge in [0.25, 0.3) is 5.91 Å². The van der Waals surface area contributed by atoms with Crippen molar-refractivity contribution in [1.29, 1.82) is 5.26 Å². The Morgan fingerprint density at radius 1 is 1.40 bits per heavy atom. The predicted molar refractivity (Wildman–Crippen MR) is 68.7 cm³/mol. The number of amides is 1. The third-order valence-corrected chi connectivity index (χ3v) is 2.33. The molecule has 0 atom stereocenters. The lowest BCUT2D eigenvalue weighted by atomic mass is 10.2. The van der Waals surface area contributed by atoms with E-state index in [0.717, 1.165) is 0 Å². The smallest absolute Gasteiger partial charge is 0.335 e. The van der Waals surface area contributed by atoms with Crippen molar-refractivity contribution < 1.29 is 24.2 Å². The molecule has 0 unspecified atom stereocenters. The molecule has 0 aliphatic heterocycles. The molecular weight excluding hydrogens is 264 g/mol. The number of carboxylic acids is 1. The van der Waals surface area contributed by atoms with Crippen molar-refractivity contribution in [2.45, 2.75) is 6.42 Å². The van der Waals surface area contributed by atoms with Gasteiger partial charge < -0.3 is 19.9 Å². The van der Waals surface area contributed by atoms with Crippen LogP contribution in [0.3, 0.4) is 0 Å². The highest BCUT2D eigenvalue weighted by atomic mass is 16.5. The highest BCUT2D eigenvalue weighted by molar-refractivity contribution is 5.88. The molecule has 0 heterocycles. The second kappa shape index (κ2) is 7.63. The number of carboxylic acid groups (broad SMARTS) is 1. The minimum atomic E-state index is -1.08. The Kier molecular flexibility index (Phi) is 5.84. The molecule has 1 rings (SSSR count). The van der Waals surface area contributed by atoms with Crippen molar-refractivity contribution in [2.24, 2.45) is 0 Å². The second-order valence-corrected chi connectivity index (χ2v) is 3.72. The van der Waals surface area contributed by atoms with Crippen LogP contribution in [0.5, 0.6) is 11.5 Å². The average molecular weight is 278 g/mol. The summed E-state index contributed by atoms with van der Waals surface area (Å²) in [6, 6.07) is 5.99. The van der Waals surface area contributed by atoms with Gasteiger partial charge in [-0.2, -0.15) is 5.26 Å². The quantitative estimate of drug-likeness (QED) is 0.714. The van der Waals surface area contributed by atoms with E-state index >= 15 is 0 Å². The van der Waals surface area contributed by atoms with Gasteiger partial charge in [-0.3, -0.25) is 4.79 Å². The zero-order valence-electron chi connectivity index (χ0n) is 10.9. The molecule has 1 aromatic rings. The van der Waals surface area contributed by atoms with Crippen LogP contribution in [0.15, 0.2) is 18.2 Å². The third-order valence-electron chi connectivity index (χ3n) is 2.33. The van der Waals surface area contributed by atoms with Crippen molar-refractivity contribution in [3.8, 4) is 17.6 Å². The first kappa shape index (κ1) is 15.3. The molecule has 1 amide bonds. The summed E-state index contributed by atoms with van der Waals surface area (Å²) in [5.41, 5.74) is 0.0627. The molecule has 20 heavy (non-hydrogen) atoms. The number of ether oxygens (including phenoxy) is 2. The zero-order chi connectivity index (χ0) is 15.0. The third kappa shape index (κ3) is 4.49. The lowest BCUT2D eigenvalue weighted by Gasteiger charge is -2.11. The standard InChI is InChI=1S/C13H14N2O5/c1-19-11-7-9(13(17)18)3-4-10(11)20-8-12(16)15-6-2-5-14/h3-4,7H,2,6,8H2,1H3,(H,15,16)(H,17,18). The molecular formula is C13H14N2O5. The van der Waals surface area contributed by atoms with Gasteiger partial charge in [-0.05, 0) is 18.2 Å². The lowest BCUT2D eigenvalue weighted by Crippen LogP contribution is -2.29. The molecule has 0 bridgehead atoms. The molecule has 1 aromatic carbocycles. The SMILES string of the molecule is COc1cc(C(=O)O)ccc1OCC(=O)NCCC#N. The molecule has 2 N–H and O–H groups in total. The predicted octanol–water partition coefficient (Wildman–Crippen LogP) is 0.802. The van der Waals surface area contributed by atoms with E-state index in [2.05, 4.69) is 5.32 Å². The Balaban J connectivity index is 2.62. The molecule has 106 valence electrons. The summed E-state index contributed by atoms with van der Waals surface area (Å²) in [7, 11) is 1.38. The number of nitrogens with one attached hydrogen (secondary N) is 1. The molecule has 0 aliphatic carbocycles. The monoisotopic (exact) mass is 278 g/mol. The molecule has 0 radical (unpaired) electrons. The first-order valence-electron chi connectivity index (χ1n) is 5.76. The Hall–Kier alpha value is -2.75. The number of methoxy groups -OCH3 is 1. The summed E-state index contributed by atoms with van der Waals surface area (Å²) in [5.74, 6) is -0.948. The number of nitriles is 1. The van der Waals surface area contributed by atoms with Gasteiger partial charge in [-0.15, -0.1) is 0 Å². The van der Waals surface area contributed by atoms with Gasteiger partial charge >= 0.3 is 5.97 Å². The average Bonchev–Trinajstić information content (AvgIpc) is 2.45. The molecule has 0 saturated carbocycles. The molecule has 7 nitrogen and oxygen atoms in total. The Morgan fingerprint density at radius 2 is 2.15 bits per heavy atom. The molecule has 0 spiro atoms. The van der Waals surface area contributed by atoms with Crippen LogP contribution in [0, 0.1) is 11.3 Å². The Morgan fingerprint density at radius 3 is 2.75 bits per heavy atom. The fourth-order valence-corrected chi connectivity index (χ4v) is 1.37. The van der Waals surface area contributed by atoms with E-state index in [1.54, 1.807) is 0 Å². The lowest BCUT2D eigenvalue weighted by molar-refractivity contribution is -0.123. The maximum absolute atomic E-state index is 11.4. The Labute approximate surface area is 115 Å².